The normalized spacial score (nSPS) is 54.2. The minimum absolute atomic E-state index is 0.174. The first-order valence-corrected chi connectivity index (χ1v) is 12.0. The van der Waals surface area contributed by atoms with Gasteiger partial charge in [0.15, 0.2) is 0 Å². The topological polar surface area (TPSA) is 64.2 Å². The van der Waals surface area contributed by atoms with Gasteiger partial charge in [0.05, 0.1) is 18.3 Å². The van der Waals surface area contributed by atoms with Crippen LogP contribution in [0, 0.1) is 63.6 Å². The predicted molar refractivity (Wildman–Crippen MR) is 111 cm³/mol. The predicted octanol–water partition coefficient (Wildman–Crippen LogP) is 5.16. The number of aliphatic hydroxyl groups excluding tert-OH is 2. The highest BCUT2D eigenvalue weighted by Crippen LogP contribution is 2.69. The molecule has 0 amide bonds. The Morgan fingerprint density at radius 1 is 1.00 bits per heavy atom. The van der Waals surface area contributed by atoms with Crippen molar-refractivity contribution in [3.05, 3.63) is 0 Å². The SMILES string of the molecule is CC[C@H]1[C@@H](O)C2C3CC[C@H]([C@H](C)CC#N)[C@@]3(C)CCC2[C@@]2(C)CC[C@@H](O)C[C@@H]12. The second kappa shape index (κ2) is 7.28. The molecule has 3 nitrogen and oxygen atoms in total. The highest BCUT2D eigenvalue weighted by molar-refractivity contribution is 5.13. The van der Waals surface area contributed by atoms with Gasteiger partial charge in [-0.15, -0.1) is 0 Å². The Labute approximate surface area is 171 Å². The van der Waals surface area contributed by atoms with E-state index in [4.69, 9.17) is 0 Å². The largest absolute Gasteiger partial charge is 0.393 e. The summed E-state index contributed by atoms with van der Waals surface area (Å²) in [5.41, 5.74) is 0.565. The Bertz CT molecular complexity index is 629. The number of hydrogen-bond donors (Lipinski definition) is 2. The van der Waals surface area contributed by atoms with Gasteiger partial charge >= 0.3 is 0 Å². The van der Waals surface area contributed by atoms with Crippen molar-refractivity contribution in [1.29, 1.82) is 5.26 Å². The lowest BCUT2D eigenvalue weighted by atomic mass is 9.41. The maximum Gasteiger partial charge on any atom is 0.0624 e. The molecule has 0 aromatic carbocycles. The Balaban J connectivity index is 1.68. The summed E-state index contributed by atoms with van der Waals surface area (Å²) in [7, 11) is 0. The summed E-state index contributed by atoms with van der Waals surface area (Å²) in [6.07, 6.45) is 9.20. The van der Waals surface area contributed by atoms with E-state index in [9.17, 15) is 15.5 Å². The third-order valence-electron chi connectivity index (χ3n) is 10.6. The molecule has 0 spiro atoms. The average molecular weight is 388 g/mol. The molecule has 0 saturated heterocycles. The molecule has 4 aliphatic rings. The van der Waals surface area contributed by atoms with Gasteiger partial charge < -0.3 is 10.2 Å². The van der Waals surface area contributed by atoms with Crippen molar-refractivity contribution in [2.75, 3.05) is 0 Å². The fourth-order valence-electron chi connectivity index (χ4n) is 9.22. The van der Waals surface area contributed by atoms with E-state index < -0.39 is 0 Å². The molecule has 11 atom stereocenters. The van der Waals surface area contributed by atoms with Crippen LogP contribution >= 0.6 is 0 Å². The van der Waals surface area contributed by atoms with E-state index in [2.05, 4.69) is 33.8 Å². The summed E-state index contributed by atoms with van der Waals surface area (Å²) in [6, 6.07) is 2.41. The molecule has 4 fully saturated rings. The zero-order chi connectivity index (χ0) is 20.3. The van der Waals surface area contributed by atoms with Crippen LogP contribution in [0.3, 0.4) is 0 Å². The highest BCUT2D eigenvalue weighted by Gasteiger charge is 2.64. The van der Waals surface area contributed by atoms with Crippen LogP contribution in [0.1, 0.15) is 85.5 Å². The Morgan fingerprint density at radius 2 is 1.68 bits per heavy atom. The molecular formula is C25H41NO2. The standard InChI is InChI=1S/C25H41NO2/c1-5-17-21-14-16(27)8-11-25(21,4)20-9-12-24(3)18(15(2)10-13-26)6-7-19(24)22(20)23(17)28/h15-23,27-28H,5-12,14H2,1-4H3/t15-,16-,17-,18-,19?,20?,21+,22?,23-,24-,25-/m1/s1. The van der Waals surface area contributed by atoms with Crippen LogP contribution in [0.2, 0.25) is 0 Å². The van der Waals surface area contributed by atoms with E-state index in [0.717, 1.165) is 25.7 Å². The van der Waals surface area contributed by atoms with Crippen molar-refractivity contribution in [2.24, 2.45) is 52.3 Å². The minimum atomic E-state index is -0.215. The molecule has 0 heterocycles. The van der Waals surface area contributed by atoms with Crippen LogP contribution in [0.25, 0.3) is 0 Å². The van der Waals surface area contributed by atoms with E-state index in [1.54, 1.807) is 0 Å². The van der Waals surface area contributed by atoms with Crippen LogP contribution in [0.5, 0.6) is 0 Å². The van der Waals surface area contributed by atoms with E-state index >= 15 is 0 Å². The van der Waals surface area contributed by atoms with Gasteiger partial charge in [-0.05, 0) is 97.2 Å². The second-order valence-electron chi connectivity index (χ2n) is 11.5. The summed E-state index contributed by atoms with van der Waals surface area (Å²) in [5, 5.41) is 31.3. The summed E-state index contributed by atoms with van der Waals surface area (Å²) in [4.78, 5) is 0. The number of hydrogen-bond acceptors (Lipinski definition) is 3. The van der Waals surface area contributed by atoms with Gasteiger partial charge in [-0.3, -0.25) is 0 Å². The van der Waals surface area contributed by atoms with E-state index in [1.165, 1.54) is 25.7 Å². The first-order chi connectivity index (χ1) is 13.3. The van der Waals surface area contributed by atoms with Gasteiger partial charge in [0.2, 0.25) is 0 Å². The molecule has 2 N–H and O–H groups in total. The monoisotopic (exact) mass is 387 g/mol. The molecule has 0 bridgehead atoms. The third-order valence-corrected chi connectivity index (χ3v) is 10.6. The van der Waals surface area contributed by atoms with Gasteiger partial charge in [-0.2, -0.15) is 5.26 Å². The molecule has 0 aromatic heterocycles. The van der Waals surface area contributed by atoms with Crippen molar-refractivity contribution in [2.45, 2.75) is 97.7 Å². The first kappa shape index (κ1) is 20.7. The van der Waals surface area contributed by atoms with Gasteiger partial charge in [0, 0.05) is 6.42 Å². The van der Waals surface area contributed by atoms with Crippen molar-refractivity contribution in [1.82, 2.24) is 0 Å². The number of aliphatic hydroxyl groups is 2. The molecule has 3 heteroatoms. The van der Waals surface area contributed by atoms with E-state index in [1.807, 2.05) is 0 Å². The Kier molecular flexibility index (Phi) is 5.37. The fourth-order valence-corrected chi connectivity index (χ4v) is 9.22. The summed E-state index contributed by atoms with van der Waals surface area (Å²) in [6.45, 7) is 9.51. The quantitative estimate of drug-likeness (QED) is 0.703. The summed E-state index contributed by atoms with van der Waals surface area (Å²) < 4.78 is 0. The maximum absolute atomic E-state index is 11.7. The molecule has 4 saturated carbocycles. The van der Waals surface area contributed by atoms with Crippen LogP contribution < -0.4 is 0 Å². The number of fused-ring (bicyclic) bond motifs is 5. The molecular weight excluding hydrogens is 346 g/mol. The van der Waals surface area contributed by atoms with Crippen LogP contribution in [-0.4, -0.2) is 22.4 Å². The fraction of sp³-hybridized carbons (Fsp3) is 0.960. The summed E-state index contributed by atoms with van der Waals surface area (Å²) in [5.74, 6) is 3.52. The highest BCUT2D eigenvalue weighted by atomic mass is 16.3. The van der Waals surface area contributed by atoms with Crippen molar-refractivity contribution >= 4 is 0 Å². The zero-order valence-electron chi connectivity index (χ0n) is 18.4. The molecule has 28 heavy (non-hydrogen) atoms. The third kappa shape index (κ3) is 2.81. The van der Waals surface area contributed by atoms with E-state index in [0.29, 0.717) is 47.8 Å². The minimum Gasteiger partial charge on any atom is -0.393 e. The molecule has 158 valence electrons. The van der Waals surface area contributed by atoms with Gasteiger partial charge in [0.25, 0.3) is 0 Å². The molecule has 4 aliphatic carbocycles. The first-order valence-electron chi connectivity index (χ1n) is 12.0. The van der Waals surface area contributed by atoms with Crippen LogP contribution in [-0.2, 0) is 0 Å². The smallest absolute Gasteiger partial charge is 0.0624 e. The zero-order valence-corrected chi connectivity index (χ0v) is 18.4. The lowest BCUT2D eigenvalue weighted by molar-refractivity contribution is -0.203. The lowest BCUT2D eigenvalue weighted by Gasteiger charge is -2.64. The molecule has 3 unspecified atom stereocenters. The molecule has 0 aromatic rings. The summed E-state index contributed by atoms with van der Waals surface area (Å²) >= 11 is 0. The second-order valence-corrected chi connectivity index (χ2v) is 11.5. The number of nitriles is 1. The number of nitrogens with zero attached hydrogens (tertiary/aromatic N) is 1. The van der Waals surface area contributed by atoms with Gasteiger partial charge in [-0.1, -0.05) is 34.1 Å². The van der Waals surface area contributed by atoms with Crippen molar-refractivity contribution in [3.63, 3.8) is 0 Å². The van der Waals surface area contributed by atoms with Crippen LogP contribution in [0.15, 0.2) is 0 Å². The molecule has 0 aliphatic heterocycles. The van der Waals surface area contributed by atoms with Crippen LogP contribution in [0.4, 0.5) is 0 Å². The van der Waals surface area contributed by atoms with Crippen molar-refractivity contribution < 1.29 is 10.2 Å². The molecule has 4 rings (SSSR count). The van der Waals surface area contributed by atoms with Gasteiger partial charge in [0.1, 0.15) is 0 Å². The van der Waals surface area contributed by atoms with Crippen molar-refractivity contribution in [3.8, 4) is 6.07 Å². The maximum atomic E-state index is 11.7. The Morgan fingerprint density at radius 3 is 2.36 bits per heavy atom. The van der Waals surface area contributed by atoms with E-state index in [-0.39, 0.29) is 23.0 Å². The lowest BCUT2D eigenvalue weighted by Crippen LogP contribution is -2.62. The Hall–Kier alpha value is -0.590. The number of rotatable bonds is 3. The van der Waals surface area contributed by atoms with Gasteiger partial charge in [-0.25, -0.2) is 0 Å². The average Bonchev–Trinajstić information content (AvgIpc) is 3.01. The molecule has 0 radical (unpaired) electrons.